The van der Waals surface area contributed by atoms with Gasteiger partial charge in [-0.15, -0.1) is 0 Å². The number of nitrogens with zero attached hydrogens (tertiary/aromatic N) is 3. The Hall–Kier alpha value is -5.06. The largest absolute Gasteiger partial charge is 0.506 e. The fourth-order valence-electron chi connectivity index (χ4n) is 4.72. The average molecular weight is 577 g/mol. The lowest BCUT2D eigenvalue weighted by molar-refractivity contribution is -0.137. The van der Waals surface area contributed by atoms with Gasteiger partial charge in [-0.2, -0.15) is 13.2 Å². The summed E-state index contributed by atoms with van der Waals surface area (Å²) < 4.78 is 46.2. The van der Waals surface area contributed by atoms with E-state index in [0.717, 1.165) is 17.8 Å². The van der Waals surface area contributed by atoms with Gasteiger partial charge in [0.15, 0.2) is 0 Å². The van der Waals surface area contributed by atoms with Crippen LogP contribution in [-0.4, -0.2) is 60.1 Å². The Morgan fingerprint density at radius 2 is 1.55 bits per heavy atom. The molecule has 2 amide bonds. The van der Waals surface area contributed by atoms with Crippen molar-refractivity contribution in [3.05, 3.63) is 102 Å². The number of anilines is 2. The number of rotatable bonds is 6. The van der Waals surface area contributed by atoms with Gasteiger partial charge in [-0.3, -0.25) is 14.6 Å². The summed E-state index contributed by atoms with van der Waals surface area (Å²) in [4.78, 5) is 33.3. The van der Waals surface area contributed by atoms with Crippen molar-refractivity contribution in [1.29, 1.82) is 0 Å². The van der Waals surface area contributed by atoms with E-state index in [1.807, 2.05) is 17.0 Å². The summed E-state index contributed by atoms with van der Waals surface area (Å²) in [5.41, 5.74) is 1.32. The molecule has 0 aliphatic carbocycles. The number of pyridine rings is 1. The van der Waals surface area contributed by atoms with Crippen LogP contribution in [0.2, 0.25) is 0 Å². The highest BCUT2D eigenvalue weighted by Gasteiger charge is 2.33. The number of amides is 2. The van der Waals surface area contributed by atoms with Crippen LogP contribution in [-0.2, 0) is 6.18 Å². The van der Waals surface area contributed by atoms with Gasteiger partial charge < -0.3 is 25.0 Å². The van der Waals surface area contributed by atoms with E-state index in [9.17, 15) is 27.9 Å². The number of alkyl halides is 3. The number of ether oxygens (including phenoxy) is 1. The van der Waals surface area contributed by atoms with Crippen molar-refractivity contribution in [3.63, 3.8) is 0 Å². The molecule has 3 aromatic carbocycles. The third-order valence-electron chi connectivity index (χ3n) is 6.97. The Morgan fingerprint density at radius 3 is 2.17 bits per heavy atom. The molecule has 0 spiro atoms. The predicted octanol–water partition coefficient (Wildman–Crippen LogP) is 5.70. The molecule has 1 aromatic heterocycles. The first-order valence-corrected chi connectivity index (χ1v) is 13.1. The zero-order valence-electron chi connectivity index (χ0n) is 22.6. The summed E-state index contributed by atoms with van der Waals surface area (Å²) >= 11 is 0. The lowest BCUT2D eigenvalue weighted by atomic mass is 9.99. The van der Waals surface area contributed by atoms with Gasteiger partial charge in [0, 0.05) is 60.4 Å². The second-order valence-electron chi connectivity index (χ2n) is 9.74. The number of piperazine rings is 1. The third-order valence-corrected chi connectivity index (χ3v) is 6.97. The van der Waals surface area contributed by atoms with E-state index in [1.54, 1.807) is 43.5 Å². The first-order valence-electron chi connectivity index (χ1n) is 13.1. The van der Waals surface area contributed by atoms with Crippen molar-refractivity contribution in [1.82, 2.24) is 9.88 Å². The first-order chi connectivity index (χ1) is 20.1. The van der Waals surface area contributed by atoms with Crippen LogP contribution in [0.5, 0.6) is 11.5 Å². The van der Waals surface area contributed by atoms with Gasteiger partial charge in [0.25, 0.3) is 11.8 Å². The standard InChI is InChI=1S/C31H27F3N4O4/c1-42-28-8-4-25(5-9-28)36-29(40)20-2-6-26(7-3-20)37-10-12-38(13-11-37)30(41)22-14-21(15-24(16-22)31(32,33)34)23-17-27(39)19-35-18-23/h2-9,14-19,39H,10-13H2,1H3,(H,36,40). The Bertz CT molecular complexity index is 1580. The first kappa shape index (κ1) is 28.5. The number of hydrogen-bond acceptors (Lipinski definition) is 6. The van der Waals surface area contributed by atoms with Crippen LogP contribution in [0.25, 0.3) is 11.1 Å². The van der Waals surface area contributed by atoms with Crippen molar-refractivity contribution in [2.75, 3.05) is 43.5 Å². The van der Waals surface area contributed by atoms with Crippen molar-refractivity contribution in [2.24, 2.45) is 0 Å². The molecule has 2 N–H and O–H groups in total. The van der Waals surface area contributed by atoms with Gasteiger partial charge in [0.05, 0.1) is 18.9 Å². The quantitative estimate of drug-likeness (QED) is 0.306. The second kappa shape index (κ2) is 11.8. The number of carbonyl (C=O) groups excluding carboxylic acids is 2. The molecule has 11 heteroatoms. The zero-order valence-corrected chi connectivity index (χ0v) is 22.6. The Kier molecular flexibility index (Phi) is 8.01. The lowest BCUT2D eigenvalue weighted by Gasteiger charge is -2.36. The summed E-state index contributed by atoms with van der Waals surface area (Å²) in [6, 6.07) is 18.5. The number of nitrogens with one attached hydrogen (secondary N) is 1. The molecular formula is C31H27F3N4O4. The van der Waals surface area contributed by atoms with E-state index in [-0.39, 0.29) is 28.3 Å². The monoisotopic (exact) mass is 576 g/mol. The van der Waals surface area contributed by atoms with Crippen LogP contribution in [0, 0.1) is 0 Å². The molecule has 5 rings (SSSR count). The summed E-state index contributed by atoms with van der Waals surface area (Å²) in [7, 11) is 1.57. The smallest absolute Gasteiger partial charge is 0.416 e. The molecule has 2 heterocycles. The van der Waals surface area contributed by atoms with Gasteiger partial charge in [0.2, 0.25) is 0 Å². The summed E-state index contributed by atoms with van der Waals surface area (Å²) in [5.74, 6) is -0.283. The maximum absolute atomic E-state index is 13.7. The fraction of sp³-hybridized carbons (Fsp3) is 0.194. The normalized spacial score (nSPS) is 13.5. The molecule has 0 radical (unpaired) electrons. The van der Waals surface area contributed by atoms with Gasteiger partial charge in [0.1, 0.15) is 11.5 Å². The predicted molar refractivity (Wildman–Crippen MR) is 152 cm³/mol. The van der Waals surface area contributed by atoms with Crippen LogP contribution >= 0.6 is 0 Å². The van der Waals surface area contributed by atoms with E-state index in [1.165, 1.54) is 29.4 Å². The minimum absolute atomic E-state index is 0.0937. The SMILES string of the molecule is COc1ccc(NC(=O)c2ccc(N3CCN(C(=O)c4cc(-c5cncc(O)c5)cc(C(F)(F)F)c4)CC3)cc2)cc1. The van der Waals surface area contributed by atoms with Crippen LogP contribution < -0.4 is 15.0 Å². The van der Waals surface area contributed by atoms with Gasteiger partial charge in [-0.1, -0.05) is 0 Å². The molecule has 0 unspecified atom stereocenters. The number of hydrogen-bond donors (Lipinski definition) is 2. The molecule has 1 aliphatic heterocycles. The van der Waals surface area contributed by atoms with E-state index < -0.39 is 17.6 Å². The third kappa shape index (κ3) is 6.46. The Morgan fingerprint density at radius 1 is 0.857 bits per heavy atom. The molecule has 4 aromatic rings. The molecule has 0 bridgehead atoms. The van der Waals surface area contributed by atoms with Crippen molar-refractivity contribution in [2.45, 2.75) is 6.18 Å². The van der Waals surface area contributed by atoms with Crippen LogP contribution in [0.3, 0.4) is 0 Å². The number of halogens is 3. The van der Waals surface area contributed by atoms with E-state index in [4.69, 9.17) is 4.74 Å². The van der Waals surface area contributed by atoms with Crippen molar-refractivity contribution in [3.8, 4) is 22.6 Å². The summed E-state index contributed by atoms with van der Waals surface area (Å²) in [6.45, 7) is 1.53. The maximum atomic E-state index is 13.7. The highest BCUT2D eigenvalue weighted by molar-refractivity contribution is 6.04. The minimum Gasteiger partial charge on any atom is -0.506 e. The maximum Gasteiger partial charge on any atom is 0.416 e. The number of aromatic nitrogens is 1. The molecule has 1 aliphatic rings. The molecule has 0 saturated carbocycles. The number of benzene rings is 3. The van der Waals surface area contributed by atoms with Gasteiger partial charge in [-0.25, -0.2) is 0 Å². The van der Waals surface area contributed by atoms with Crippen LogP contribution in [0.15, 0.2) is 85.2 Å². The lowest BCUT2D eigenvalue weighted by Crippen LogP contribution is -2.48. The highest BCUT2D eigenvalue weighted by Crippen LogP contribution is 2.34. The van der Waals surface area contributed by atoms with Crippen LogP contribution in [0.4, 0.5) is 24.5 Å². The average Bonchev–Trinajstić information content (AvgIpc) is 3.00. The molecule has 8 nitrogen and oxygen atoms in total. The van der Waals surface area contributed by atoms with E-state index in [0.29, 0.717) is 43.2 Å². The van der Waals surface area contributed by atoms with Crippen molar-refractivity contribution >= 4 is 23.2 Å². The highest BCUT2D eigenvalue weighted by atomic mass is 19.4. The zero-order chi connectivity index (χ0) is 29.9. The van der Waals surface area contributed by atoms with E-state index in [2.05, 4.69) is 10.3 Å². The molecule has 1 fully saturated rings. The topological polar surface area (TPSA) is 95.0 Å². The fourth-order valence-corrected chi connectivity index (χ4v) is 4.72. The minimum atomic E-state index is -4.66. The summed E-state index contributed by atoms with van der Waals surface area (Å²) in [5, 5.41) is 12.6. The molecule has 1 saturated heterocycles. The van der Waals surface area contributed by atoms with Gasteiger partial charge >= 0.3 is 6.18 Å². The number of carbonyl (C=O) groups is 2. The molecule has 216 valence electrons. The number of methoxy groups -OCH3 is 1. The van der Waals surface area contributed by atoms with Crippen LogP contribution in [0.1, 0.15) is 26.3 Å². The Labute approximate surface area is 240 Å². The second-order valence-corrected chi connectivity index (χ2v) is 9.74. The van der Waals surface area contributed by atoms with Gasteiger partial charge in [-0.05, 0) is 78.4 Å². The summed E-state index contributed by atoms with van der Waals surface area (Å²) in [6.07, 6.45) is -2.16. The molecule has 42 heavy (non-hydrogen) atoms. The number of aromatic hydroxyl groups is 1. The Balaban J connectivity index is 1.24. The molecular weight excluding hydrogens is 549 g/mol. The van der Waals surface area contributed by atoms with Crippen molar-refractivity contribution < 1.29 is 32.6 Å². The van der Waals surface area contributed by atoms with E-state index >= 15 is 0 Å². The molecule has 0 atom stereocenters.